The van der Waals surface area contributed by atoms with Crippen molar-refractivity contribution in [2.75, 3.05) is 10.6 Å². The third-order valence-electron chi connectivity index (χ3n) is 3.31. The van der Waals surface area contributed by atoms with Crippen LogP contribution in [-0.2, 0) is 0 Å². The number of anilines is 2. The largest absolute Gasteiger partial charge is 0.322 e. The lowest BCUT2D eigenvalue weighted by atomic mass is 10.1. The predicted octanol–water partition coefficient (Wildman–Crippen LogP) is 4.39. The average molecular weight is 340 g/mol. The molecule has 0 aliphatic rings. The Hall–Kier alpha value is -2.99. The highest BCUT2D eigenvalue weighted by Crippen LogP contribution is 2.19. The van der Waals surface area contributed by atoms with Gasteiger partial charge in [0, 0.05) is 11.1 Å². The summed E-state index contributed by atoms with van der Waals surface area (Å²) in [5.41, 5.74) is 1.74. The van der Waals surface area contributed by atoms with Gasteiger partial charge in [0.05, 0.1) is 16.8 Å². The summed E-state index contributed by atoms with van der Waals surface area (Å²) >= 11 is 1.42. The first-order valence-corrected chi connectivity index (χ1v) is 8.07. The van der Waals surface area contributed by atoms with Crippen molar-refractivity contribution in [3.8, 4) is 0 Å². The molecule has 0 bridgehead atoms. The van der Waals surface area contributed by atoms with E-state index in [-0.39, 0.29) is 17.6 Å². The molecular formula is C18H13FN2O2S. The highest BCUT2D eigenvalue weighted by Gasteiger charge is 2.14. The van der Waals surface area contributed by atoms with Crippen LogP contribution in [0.1, 0.15) is 20.7 Å². The molecule has 6 heteroatoms. The maximum Gasteiger partial charge on any atom is 0.257 e. The Kier molecular flexibility index (Phi) is 4.67. The molecule has 0 atom stereocenters. The lowest BCUT2D eigenvalue weighted by Gasteiger charge is -2.11. The Morgan fingerprint density at radius 2 is 1.62 bits per heavy atom. The van der Waals surface area contributed by atoms with Crippen molar-refractivity contribution in [3.05, 3.63) is 82.3 Å². The number of rotatable bonds is 4. The third kappa shape index (κ3) is 3.67. The second-order valence-corrected chi connectivity index (χ2v) is 5.75. The number of nitrogens with one attached hydrogen (secondary N) is 2. The number of para-hydroxylation sites is 1. The smallest absolute Gasteiger partial charge is 0.257 e. The van der Waals surface area contributed by atoms with Crippen molar-refractivity contribution in [2.24, 2.45) is 0 Å². The maximum atomic E-state index is 12.9. The first-order chi connectivity index (χ1) is 11.6. The summed E-state index contributed by atoms with van der Waals surface area (Å²) in [6.07, 6.45) is 0. The number of halogens is 1. The van der Waals surface area contributed by atoms with E-state index in [0.29, 0.717) is 22.5 Å². The van der Waals surface area contributed by atoms with E-state index in [2.05, 4.69) is 10.6 Å². The van der Waals surface area contributed by atoms with Crippen molar-refractivity contribution in [1.29, 1.82) is 0 Å². The molecule has 1 aromatic heterocycles. The Morgan fingerprint density at radius 1 is 0.875 bits per heavy atom. The van der Waals surface area contributed by atoms with Crippen LogP contribution < -0.4 is 10.6 Å². The van der Waals surface area contributed by atoms with E-state index in [4.69, 9.17) is 0 Å². The molecule has 0 spiro atoms. The van der Waals surface area contributed by atoms with Crippen LogP contribution in [0.5, 0.6) is 0 Å². The molecule has 4 nitrogen and oxygen atoms in total. The van der Waals surface area contributed by atoms with Crippen molar-refractivity contribution in [1.82, 2.24) is 0 Å². The van der Waals surface area contributed by atoms with Gasteiger partial charge in [0.15, 0.2) is 0 Å². The number of carbonyl (C=O) groups is 2. The minimum atomic E-state index is -0.386. The van der Waals surface area contributed by atoms with E-state index in [1.165, 1.54) is 35.6 Å². The van der Waals surface area contributed by atoms with Crippen LogP contribution in [-0.4, -0.2) is 11.8 Å². The molecule has 0 fully saturated rings. The zero-order valence-electron chi connectivity index (χ0n) is 12.5. The van der Waals surface area contributed by atoms with E-state index in [1.807, 2.05) is 5.38 Å². The van der Waals surface area contributed by atoms with E-state index < -0.39 is 0 Å². The Balaban J connectivity index is 1.79. The topological polar surface area (TPSA) is 58.2 Å². The van der Waals surface area contributed by atoms with Crippen LogP contribution >= 0.6 is 11.3 Å². The summed E-state index contributed by atoms with van der Waals surface area (Å²) in [5, 5.41) is 8.95. The Morgan fingerprint density at radius 3 is 2.33 bits per heavy atom. The number of benzene rings is 2. The number of hydrogen-bond acceptors (Lipinski definition) is 3. The molecule has 0 unspecified atom stereocenters. The third-order valence-corrected chi connectivity index (χ3v) is 3.99. The van der Waals surface area contributed by atoms with Crippen LogP contribution in [0.15, 0.2) is 65.4 Å². The molecule has 2 N–H and O–H groups in total. The monoisotopic (exact) mass is 340 g/mol. The van der Waals surface area contributed by atoms with Crippen molar-refractivity contribution < 1.29 is 14.0 Å². The summed E-state index contributed by atoms with van der Waals surface area (Å²) in [4.78, 5) is 24.6. The Labute approximate surface area is 142 Å². The first-order valence-electron chi connectivity index (χ1n) is 7.13. The first kappa shape index (κ1) is 15.9. The van der Waals surface area contributed by atoms with Crippen LogP contribution in [0.3, 0.4) is 0 Å². The molecule has 2 aromatic carbocycles. The molecule has 3 rings (SSSR count). The van der Waals surface area contributed by atoms with Crippen molar-refractivity contribution in [2.45, 2.75) is 0 Å². The fourth-order valence-electron chi connectivity index (χ4n) is 2.11. The van der Waals surface area contributed by atoms with Crippen LogP contribution in [0.2, 0.25) is 0 Å². The molecule has 0 saturated heterocycles. The molecule has 120 valence electrons. The van der Waals surface area contributed by atoms with Crippen LogP contribution in [0, 0.1) is 5.82 Å². The summed E-state index contributed by atoms with van der Waals surface area (Å²) in [6.45, 7) is 0. The fourth-order valence-corrected chi connectivity index (χ4v) is 2.75. The lowest BCUT2D eigenvalue weighted by molar-refractivity contribution is 0.102. The highest BCUT2D eigenvalue weighted by atomic mass is 32.1. The number of carbonyl (C=O) groups excluding carboxylic acids is 2. The van der Waals surface area contributed by atoms with Crippen LogP contribution in [0.4, 0.5) is 15.8 Å². The molecule has 2 amide bonds. The molecule has 1 heterocycles. The van der Waals surface area contributed by atoms with Gasteiger partial charge in [0.25, 0.3) is 11.8 Å². The van der Waals surface area contributed by atoms with E-state index in [9.17, 15) is 14.0 Å². The van der Waals surface area contributed by atoms with Crippen LogP contribution in [0.25, 0.3) is 0 Å². The summed E-state index contributed by atoms with van der Waals surface area (Å²) in [5.74, 6) is -1.04. The van der Waals surface area contributed by atoms with Crippen molar-refractivity contribution >= 4 is 34.5 Å². The van der Waals surface area contributed by atoms with Gasteiger partial charge in [-0.25, -0.2) is 4.39 Å². The predicted molar refractivity (Wildman–Crippen MR) is 93.1 cm³/mol. The second kappa shape index (κ2) is 7.06. The maximum absolute atomic E-state index is 12.9. The van der Waals surface area contributed by atoms with E-state index in [1.54, 1.807) is 35.7 Å². The minimum Gasteiger partial charge on any atom is -0.322 e. The normalized spacial score (nSPS) is 10.2. The fraction of sp³-hybridized carbons (Fsp3) is 0. The van der Waals surface area contributed by atoms with Gasteiger partial charge in [-0.15, -0.1) is 0 Å². The average Bonchev–Trinajstić information content (AvgIpc) is 3.12. The van der Waals surface area contributed by atoms with E-state index in [0.717, 1.165) is 0 Å². The van der Waals surface area contributed by atoms with Crippen molar-refractivity contribution in [3.63, 3.8) is 0 Å². The molecule has 24 heavy (non-hydrogen) atoms. The lowest BCUT2D eigenvalue weighted by Crippen LogP contribution is -2.17. The molecule has 0 saturated carbocycles. The van der Waals surface area contributed by atoms with Gasteiger partial charge in [-0.2, -0.15) is 11.3 Å². The van der Waals surface area contributed by atoms with Gasteiger partial charge < -0.3 is 10.6 Å². The molecule has 3 aromatic rings. The standard InChI is InChI=1S/C18H13FN2O2S/c19-13-5-7-14(8-6-13)20-18(23)15-3-1-2-4-16(15)21-17(22)12-9-10-24-11-12/h1-11H,(H,20,23)(H,21,22). The zero-order chi connectivity index (χ0) is 16.9. The minimum absolute atomic E-state index is 0.279. The Bertz CT molecular complexity index is 861. The van der Waals surface area contributed by atoms with Gasteiger partial charge in [-0.3, -0.25) is 9.59 Å². The van der Waals surface area contributed by atoms with E-state index >= 15 is 0 Å². The number of hydrogen-bond donors (Lipinski definition) is 2. The summed E-state index contributed by atoms with van der Waals surface area (Å²) in [6, 6.07) is 13.9. The summed E-state index contributed by atoms with van der Waals surface area (Å²) in [7, 11) is 0. The van der Waals surface area contributed by atoms with Gasteiger partial charge >= 0.3 is 0 Å². The van der Waals surface area contributed by atoms with Gasteiger partial charge in [0.2, 0.25) is 0 Å². The molecule has 0 radical (unpaired) electrons. The van der Waals surface area contributed by atoms with Gasteiger partial charge in [0.1, 0.15) is 5.82 Å². The number of amides is 2. The molecule has 0 aliphatic carbocycles. The summed E-state index contributed by atoms with van der Waals surface area (Å²) < 4.78 is 12.9. The zero-order valence-corrected chi connectivity index (χ0v) is 13.3. The van der Waals surface area contributed by atoms with Gasteiger partial charge in [-0.05, 0) is 47.8 Å². The van der Waals surface area contributed by atoms with Gasteiger partial charge in [-0.1, -0.05) is 12.1 Å². The molecule has 0 aliphatic heterocycles. The highest BCUT2D eigenvalue weighted by molar-refractivity contribution is 7.08. The molecular weight excluding hydrogens is 327 g/mol. The second-order valence-electron chi connectivity index (χ2n) is 4.97. The SMILES string of the molecule is O=C(Nc1ccccc1C(=O)Nc1ccc(F)cc1)c1ccsc1. The quantitative estimate of drug-likeness (QED) is 0.740. The number of thiophene rings is 1.